The highest BCUT2D eigenvalue weighted by atomic mass is 16.5. The summed E-state index contributed by atoms with van der Waals surface area (Å²) in [6.07, 6.45) is 2.15. The number of quaternary nitrogens is 1. The number of hydrogen-bond donors (Lipinski definition) is 1. The number of carbonyl (C=O) groups excluding carboxylic acids is 1. The molecule has 1 unspecified atom stereocenters. The zero-order valence-electron chi connectivity index (χ0n) is 16.8. The summed E-state index contributed by atoms with van der Waals surface area (Å²) in [5.41, 5.74) is 3.71. The molecule has 1 aromatic heterocycles. The molecule has 0 radical (unpaired) electrons. The predicted molar refractivity (Wildman–Crippen MR) is 104 cm³/mol. The van der Waals surface area contributed by atoms with E-state index in [0.717, 1.165) is 36.9 Å². The number of nitrogens with one attached hydrogen (secondary N) is 1. The van der Waals surface area contributed by atoms with Gasteiger partial charge in [-0.2, -0.15) is 0 Å². The molecule has 3 heterocycles. The van der Waals surface area contributed by atoms with E-state index >= 15 is 0 Å². The third kappa shape index (κ3) is 2.71. The highest BCUT2D eigenvalue weighted by Gasteiger charge is 2.45. The third-order valence-corrected chi connectivity index (χ3v) is 6.38. The Bertz CT molecular complexity index is 998. The lowest BCUT2D eigenvalue weighted by molar-refractivity contribution is -0.840. The van der Waals surface area contributed by atoms with E-state index in [0.29, 0.717) is 5.58 Å². The summed E-state index contributed by atoms with van der Waals surface area (Å²) >= 11 is 0. The molecule has 1 atom stereocenters. The number of rotatable bonds is 2. The number of carbonyl (C=O) groups is 1. The molecule has 144 valence electrons. The number of esters is 1. The van der Waals surface area contributed by atoms with Crippen LogP contribution in [0.15, 0.2) is 21.3 Å². The Labute approximate surface area is 159 Å². The molecule has 5 nitrogen and oxygen atoms in total. The third-order valence-electron chi connectivity index (χ3n) is 6.38. The molecule has 0 amide bonds. The highest BCUT2D eigenvalue weighted by molar-refractivity contribution is 5.95. The quantitative estimate of drug-likeness (QED) is 0.652. The summed E-state index contributed by atoms with van der Waals surface area (Å²) < 4.78 is 10.8. The van der Waals surface area contributed by atoms with E-state index in [1.807, 2.05) is 0 Å². The van der Waals surface area contributed by atoms with Crippen LogP contribution in [-0.4, -0.2) is 25.7 Å². The molecule has 1 aromatic carbocycles. The van der Waals surface area contributed by atoms with Crippen molar-refractivity contribution < 1.29 is 18.8 Å². The molecule has 2 aliphatic rings. The molecular weight excluding hydrogens is 342 g/mol. The lowest BCUT2D eigenvalue weighted by Gasteiger charge is -2.44. The molecule has 0 bridgehead atoms. The molecule has 5 heteroatoms. The molecule has 0 fully saturated rings. The first kappa shape index (κ1) is 18.2. The molecule has 0 spiro atoms. The van der Waals surface area contributed by atoms with Gasteiger partial charge in [0.2, 0.25) is 0 Å². The van der Waals surface area contributed by atoms with Gasteiger partial charge in [-0.05, 0) is 19.1 Å². The van der Waals surface area contributed by atoms with E-state index in [4.69, 9.17) is 9.15 Å². The van der Waals surface area contributed by atoms with Crippen LogP contribution < -0.4 is 10.5 Å². The summed E-state index contributed by atoms with van der Waals surface area (Å²) in [5.74, 6) is -0.620. The van der Waals surface area contributed by atoms with Crippen molar-refractivity contribution >= 4 is 22.6 Å². The van der Waals surface area contributed by atoms with Crippen molar-refractivity contribution in [2.45, 2.75) is 58.3 Å². The lowest BCUT2D eigenvalue weighted by atomic mass is 9.69. The summed E-state index contributed by atoms with van der Waals surface area (Å²) in [6, 6.07) is 3.78. The van der Waals surface area contributed by atoms with Gasteiger partial charge < -0.3 is 14.1 Å². The summed E-state index contributed by atoms with van der Waals surface area (Å²) in [7, 11) is 0. The van der Waals surface area contributed by atoms with Crippen LogP contribution >= 0.6 is 0 Å². The second-order valence-electron chi connectivity index (χ2n) is 9.13. The molecule has 0 aliphatic carbocycles. The molecule has 27 heavy (non-hydrogen) atoms. The Morgan fingerprint density at radius 2 is 1.81 bits per heavy atom. The fraction of sp³-hybridized carbons (Fsp3) is 0.545. The zero-order valence-corrected chi connectivity index (χ0v) is 16.8. The average Bonchev–Trinajstić information content (AvgIpc) is 2.58. The zero-order chi connectivity index (χ0) is 19.6. The minimum atomic E-state index is -0.620. The smallest absolute Gasteiger partial charge is 0.351 e. The van der Waals surface area contributed by atoms with Crippen molar-refractivity contribution in [2.75, 3.05) is 19.7 Å². The number of ether oxygens (including phenoxy) is 1. The fourth-order valence-electron chi connectivity index (χ4n) is 4.72. The second-order valence-corrected chi connectivity index (χ2v) is 9.13. The van der Waals surface area contributed by atoms with Gasteiger partial charge in [0.15, 0.2) is 0 Å². The van der Waals surface area contributed by atoms with Crippen molar-refractivity contribution in [1.29, 1.82) is 0 Å². The van der Waals surface area contributed by atoms with E-state index in [1.165, 1.54) is 16.2 Å². The van der Waals surface area contributed by atoms with Crippen LogP contribution in [-0.2, 0) is 15.6 Å². The van der Waals surface area contributed by atoms with Crippen molar-refractivity contribution in [3.05, 3.63) is 39.2 Å². The van der Waals surface area contributed by atoms with Gasteiger partial charge >= 0.3 is 11.6 Å². The molecular formula is C22H28NO4+. The first-order chi connectivity index (χ1) is 12.7. The first-order valence-corrected chi connectivity index (χ1v) is 9.84. The van der Waals surface area contributed by atoms with Crippen molar-refractivity contribution in [3.63, 3.8) is 0 Å². The van der Waals surface area contributed by atoms with Gasteiger partial charge in [-0.3, -0.25) is 0 Å². The van der Waals surface area contributed by atoms with Gasteiger partial charge in [0.05, 0.1) is 25.3 Å². The van der Waals surface area contributed by atoms with E-state index in [2.05, 4.69) is 33.8 Å². The van der Waals surface area contributed by atoms with Gasteiger partial charge in [0.1, 0.15) is 16.8 Å². The molecule has 0 saturated heterocycles. The minimum Gasteiger partial charge on any atom is -0.462 e. The minimum absolute atomic E-state index is 0.0251. The summed E-state index contributed by atoms with van der Waals surface area (Å²) in [6.45, 7) is 13.1. The summed E-state index contributed by atoms with van der Waals surface area (Å²) in [5, 5.41) is 0.815. The fourth-order valence-corrected chi connectivity index (χ4v) is 4.72. The van der Waals surface area contributed by atoms with Crippen LogP contribution in [0.5, 0.6) is 0 Å². The largest absolute Gasteiger partial charge is 0.462 e. The van der Waals surface area contributed by atoms with Crippen molar-refractivity contribution in [3.8, 4) is 0 Å². The topological polar surface area (TPSA) is 60.9 Å². The Morgan fingerprint density at radius 1 is 1.15 bits per heavy atom. The SMILES string of the molecule is CCOC(=O)c1cc2cc3c4c(c2oc1=O)C(C)(C)CC[NH+]4CCC3(C)C. The van der Waals surface area contributed by atoms with Crippen molar-refractivity contribution in [1.82, 2.24) is 0 Å². The molecule has 2 aromatic rings. The van der Waals surface area contributed by atoms with Gasteiger partial charge in [-0.15, -0.1) is 0 Å². The van der Waals surface area contributed by atoms with E-state index in [1.54, 1.807) is 13.0 Å². The van der Waals surface area contributed by atoms with Crippen molar-refractivity contribution in [2.24, 2.45) is 0 Å². The maximum Gasteiger partial charge on any atom is 0.351 e. The van der Waals surface area contributed by atoms with E-state index < -0.39 is 11.6 Å². The summed E-state index contributed by atoms with van der Waals surface area (Å²) in [4.78, 5) is 26.2. The Hall–Kier alpha value is -2.14. The average molecular weight is 370 g/mol. The van der Waals surface area contributed by atoms with Gasteiger partial charge in [-0.25, -0.2) is 9.59 Å². The molecule has 1 N–H and O–H groups in total. The van der Waals surface area contributed by atoms with Gasteiger partial charge in [-0.1, -0.05) is 27.7 Å². The highest BCUT2D eigenvalue weighted by Crippen LogP contribution is 2.46. The maximum atomic E-state index is 12.5. The van der Waals surface area contributed by atoms with E-state index in [-0.39, 0.29) is 23.0 Å². The van der Waals surface area contributed by atoms with Gasteiger partial charge in [0.25, 0.3) is 0 Å². The molecule has 2 aliphatic heterocycles. The van der Waals surface area contributed by atoms with Crippen LogP contribution in [0.25, 0.3) is 11.0 Å². The van der Waals surface area contributed by atoms with Gasteiger partial charge in [0, 0.05) is 34.6 Å². The van der Waals surface area contributed by atoms with Crippen LogP contribution in [0.4, 0.5) is 5.69 Å². The maximum absolute atomic E-state index is 12.5. The normalized spacial score (nSPS) is 22.3. The van der Waals surface area contributed by atoms with Crippen LogP contribution in [0, 0.1) is 0 Å². The Kier molecular flexibility index (Phi) is 4.00. The monoisotopic (exact) mass is 370 g/mol. The Balaban J connectivity index is 2.08. The number of benzene rings is 1. The second kappa shape index (κ2) is 5.93. The Morgan fingerprint density at radius 3 is 2.48 bits per heavy atom. The predicted octanol–water partition coefficient (Wildman–Crippen LogP) is 2.85. The molecule has 0 saturated carbocycles. The number of fused-ring (bicyclic) bond motifs is 2. The van der Waals surface area contributed by atoms with Crippen LogP contribution in [0.1, 0.15) is 68.9 Å². The van der Waals surface area contributed by atoms with Crippen LogP contribution in [0.2, 0.25) is 0 Å². The van der Waals surface area contributed by atoms with E-state index in [9.17, 15) is 9.59 Å². The lowest BCUT2D eigenvalue weighted by Crippen LogP contribution is -3.10. The molecule has 4 rings (SSSR count). The first-order valence-electron chi connectivity index (χ1n) is 9.84. The standard InChI is InChI=1S/C22H27NO4/c1-6-26-19(24)14-11-13-12-15-17-16(18(13)27-20(14)25)22(4,5)8-10-23(17)9-7-21(15,2)3/h11-12H,6-10H2,1-5H3/p+1. The van der Waals surface area contributed by atoms with Crippen LogP contribution in [0.3, 0.4) is 0 Å². The number of hydrogen-bond acceptors (Lipinski definition) is 4.